The van der Waals surface area contributed by atoms with Crippen molar-refractivity contribution in [2.75, 3.05) is 0 Å². The van der Waals surface area contributed by atoms with Crippen LogP contribution in [0, 0.1) is 0 Å². The van der Waals surface area contributed by atoms with Gasteiger partial charge in [-0.15, -0.1) is 6.58 Å². The maximum atomic E-state index is 6.32. The van der Waals surface area contributed by atoms with Gasteiger partial charge in [-0.3, -0.25) is 0 Å². The fraction of sp³-hybridized carbons (Fsp3) is 0.125. The maximum Gasteiger partial charge on any atom is 0.0523 e. The molecular formula is C16H15N. The van der Waals surface area contributed by atoms with E-state index in [2.05, 4.69) is 49.1 Å². The van der Waals surface area contributed by atoms with Gasteiger partial charge in [-0.2, -0.15) is 0 Å². The third-order valence-corrected chi connectivity index (χ3v) is 3.42. The molecule has 0 fully saturated rings. The van der Waals surface area contributed by atoms with E-state index >= 15 is 0 Å². The van der Waals surface area contributed by atoms with E-state index < -0.39 is 0 Å². The van der Waals surface area contributed by atoms with E-state index in [-0.39, 0.29) is 6.04 Å². The van der Waals surface area contributed by atoms with Gasteiger partial charge >= 0.3 is 0 Å². The van der Waals surface area contributed by atoms with E-state index in [1.165, 1.54) is 27.5 Å². The SMILES string of the molecule is C=CCC1=Cc2cccc3cccc(c23)C1N. The summed E-state index contributed by atoms with van der Waals surface area (Å²) in [4.78, 5) is 0. The average molecular weight is 221 g/mol. The topological polar surface area (TPSA) is 26.0 Å². The predicted molar refractivity (Wildman–Crippen MR) is 73.7 cm³/mol. The second kappa shape index (κ2) is 3.86. The van der Waals surface area contributed by atoms with Gasteiger partial charge in [0.05, 0.1) is 6.04 Å². The maximum absolute atomic E-state index is 6.32. The molecule has 1 heteroatoms. The zero-order valence-electron chi connectivity index (χ0n) is 9.69. The van der Waals surface area contributed by atoms with Crippen molar-refractivity contribution in [1.29, 1.82) is 0 Å². The summed E-state index contributed by atoms with van der Waals surface area (Å²) in [7, 11) is 0. The average Bonchev–Trinajstić information content (AvgIpc) is 2.36. The predicted octanol–water partition coefficient (Wildman–Crippen LogP) is 3.81. The first-order valence-electron chi connectivity index (χ1n) is 5.90. The molecule has 0 saturated heterocycles. The molecule has 3 rings (SSSR count). The molecule has 0 heterocycles. The van der Waals surface area contributed by atoms with Gasteiger partial charge in [0.1, 0.15) is 0 Å². The van der Waals surface area contributed by atoms with Gasteiger partial charge in [0, 0.05) is 0 Å². The Labute approximate surface area is 101 Å². The molecule has 84 valence electrons. The van der Waals surface area contributed by atoms with Crippen LogP contribution in [0.1, 0.15) is 23.6 Å². The zero-order valence-corrected chi connectivity index (χ0v) is 9.69. The van der Waals surface area contributed by atoms with Crippen LogP contribution < -0.4 is 5.73 Å². The Morgan fingerprint density at radius 2 is 1.94 bits per heavy atom. The lowest BCUT2D eigenvalue weighted by Gasteiger charge is -2.23. The van der Waals surface area contributed by atoms with Gasteiger partial charge in [-0.25, -0.2) is 0 Å². The van der Waals surface area contributed by atoms with E-state index in [9.17, 15) is 0 Å². The molecule has 2 N–H and O–H groups in total. The first kappa shape index (κ1) is 10.3. The molecule has 1 atom stereocenters. The Morgan fingerprint density at radius 1 is 1.18 bits per heavy atom. The standard InChI is InChI=1S/C16H15N/c1-2-5-13-10-12-8-3-6-11-7-4-9-14(15(11)12)16(13)17/h2-4,6-10,16H,1,5,17H2. The van der Waals surface area contributed by atoms with Crippen molar-refractivity contribution in [3.63, 3.8) is 0 Å². The lowest BCUT2D eigenvalue weighted by molar-refractivity contribution is 0.830. The van der Waals surface area contributed by atoms with E-state index in [0.29, 0.717) is 0 Å². The van der Waals surface area contributed by atoms with Crippen LogP contribution in [0.3, 0.4) is 0 Å². The first-order chi connectivity index (χ1) is 8.31. The highest BCUT2D eigenvalue weighted by molar-refractivity contribution is 5.96. The van der Waals surface area contributed by atoms with Crippen LogP contribution in [0.2, 0.25) is 0 Å². The van der Waals surface area contributed by atoms with Crippen LogP contribution in [0.4, 0.5) is 0 Å². The number of rotatable bonds is 2. The minimum Gasteiger partial charge on any atom is -0.321 e. The summed E-state index contributed by atoms with van der Waals surface area (Å²) >= 11 is 0. The van der Waals surface area contributed by atoms with Crippen LogP contribution in [-0.2, 0) is 0 Å². The Kier molecular flexibility index (Phi) is 2.34. The molecule has 0 spiro atoms. The van der Waals surface area contributed by atoms with Crippen molar-refractivity contribution in [2.45, 2.75) is 12.5 Å². The Morgan fingerprint density at radius 3 is 2.71 bits per heavy atom. The van der Waals surface area contributed by atoms with Crippen molar-refractivity contribution in [3.8, 4) is 0 Å². The third-order valence-electron chi connectivity index (χ3n) is 3.42. The van der Waals surface area contributed by atoms with Gasteiger partial charge in [-0.05, 0) is 33.9 Å². The summed E-state index contributed by atoms with van der Waals surface area (Å²) in [6.45, 7) is 3.80. The Hall–Kier alpha value is -1.86. The molecular weight excluding hydrogens is 206 g/mol. The monoisotopic (exact) mass is 221 g/mol. The van der Waals surface area contributed by atoms with Crippen LogP contribution in [-0.4, -0.2) is 0 Å². The molecule has 1 unspecified atom stereocenters. The van der Waals surface area contributed by atoms with E-state index in [1.807, 2.05) is 6.08 Å². The number of nitrogens with two attached hydrogens (primary N) is 1. The van der Waals surface area contributed by atoms with Gasteiger partial charge in [0.15, 0.2) is 0 Å². The fourth-order valence-corrected chi connectivity index (χ4v) is 2.62. The molecule has 1 aliphatic rings. The highest BCUT2D eigenvalue weighted by Gasteiger charge is 2.19. The number of hydrogen-bond donors (Lipinski definition) is 1. The normalized spacial score (nSPS) is 17.9. The summed E-state index contributed by atoms with van der Waals surface area (Å²) in [5, 5.41) is 2.57. The van der Waals surface area contributed by atoms with Gasteiger partial charge in [0.2, 0.25) is 0 Å². The Bertz CT molecular complexity index is 617. The lowest BCUT2D eigenvalue weighted by atomic mass is 9.84. The van der Waals surface area contributed by atoms with E-state index in [0.717, 1.165) is 6.42 Å². The molecule has 0 aliphatic heterocycles. The smallest absolute Gasteiger partial charge is 0.0523 e. The van der Waals surface area contributed by atoms with Crippen LogP contribution >= 0.6 is 0 Å². The van der Waals surface area contributed by atoms with Crippen molar-refractivity contribution >= 4 is 16.8 Å². The Balaban J connectivity index is 2.32. The van der Waals surface area contributed by atoms with Gasteiger partial charge in [-0.1, -0.05) is 48.6 Å². The van der Waals surface area contributed by atoms with Crippen LogP contribution in [0.5, 0.6) is 0 Å². The molecule has 0 aromatic heterocycles. The van der Waals surface area contributed by atoms with Crippen LogP contribution in [0.25, 0.3) is 16.8 Å². The number of hydrogen-bond acceptors (Lipinski definition) is 1. The number of allylic oxidation sites excluding steroid dienone is 1. The first-order valence-corrected chi connectivity index (χ1v) is 5.90. The highest BCUT2D eigenvalue weighted by Crippen LogP contribution is 2.37. The van der Waals surface area contributed by atoms with Gasteiger partial charge in [0.25, 0.3) is 0 Å². The summed E-state index contributed by atoms with van der Waals surface area (Å²) in [5.41, 5.74) is 10.1. The molecule has 0 saturated carbocycles. The lowest BCUT2D eigenvalue weighted by Crippen LogP contribution is -2.16. The second-order valence-corrected chi connectivity index (χ2v) is 4.48. The third kappa shape index (κ3) is 1.51. The zero-order chi connectivity index (χ0) is 11.8. The van der Waals surface area contributed by atoms with Crippen LogP contribution in [0.15, 0.2) is 54.6 Å². The molecule has 2 aromatic carbocycles. The number of benzene rings is 2. The summed E-state index contributed by atoms with van der Waals surface area (Å²) in [5.74, 6) is 0. The molecule has 0 bridgehead atoms. The van der Waals surface area contributed by atoms with E-state index in [4.69, 9.17) is 5.73 Å². The highest BCUT2D eigenvalue weighted by atomic mass is 14.6. The van der Waals surface area contributed by atoms with Crippen molar-refractivity contribution < 1.29 is 0 Å². The van der Waals surface area contributed by atoms with Crippen molar-refractivity contribution in [2.24, 2.45) is 5.73 Å². The molecule has 1 aliphatic carbocycles. The van der Waals surface area contributed by atoms with E-state index in [1.54, 1.807) is 0 Å². The summed E-state index contributed by atoms with van der Waals surface area (Å²) in [6.07, 6.45) is 4.98. The van der Waals surface area contributed by atoms with Gasteiger partial charge < -0.3 is 5.73 Å². The summed E-state index contributed by atoms with van der Waals surface area (Å²) in [6, 6.07) is 12.8. The van der Waals surface area contributed by atoms with Crippen molar-refractivity contribution in [3.05, 3.63) is 65.8 Å². The minimum atomic E-state index is 0.00611. The second-order valence-electron chi connectivity index (χ2n) is 4.48. The molecule has 0 radical (unpaired) electrons. The fourth-order valence-electron chi connectivity index (χ4n) is 2.62. The minimum absolute atomic E-state index is 0.00611. The molecule has 1 nitrogen and oxygen atoms in total. The quantitative estimate of drug-likeness (QED) is 0.767. The molecule has 17 heavy (non-hydrogen) atoms. The largest absolute Gasteiger partial charge is 0.321 e. The summed E-state index contributed by atoms with van der Waals surface area (Å²) < 4.78 is 0. The van der Waals surface area contributed by atoms with Crippen molar-refractivity contribution in [1.82, 2.24) is 0 Å². The molecule has 2 aromatic rings. The molecule has 0 amide bonds.